The Labute approximate surface area is 208 Å². The first-order valence-corrected chi connectivity index (χ1v) is 13.2. The lowest BCUT2D eigenvalue weighted by Crippen LogP contribution is -2.35. The van der Waals surface area contributed by atoms with Gasteiger partial charge in [0.15, 0.2) is 0 Å². The van der Waals surface area contributed by atoms with Crippen LogP contribution in [0.15, 0.2) is 72.6 Å². The first-order valence-electron chi connectivity index (χ1n) is 13.2. The third kappa shape index (κ3) is 5.05. The average molecular weight is 460 g/mol. The van der Waals surface area contributed by atoms with Gasteiger partial charge < -0.3 is 15.5 Å². The van der Waals surface area contributed by atoms with Gasteiger partial charge in [-0.1, -0.05) is 82.8 Å². The maximum absolute atomic E-state index is 4.53. The Bertz CT molecular complexity index is 963. The molecule has 34 heavy (non-hydrogen) atoms. The van der Waals surface area contributed by atoms with Crippen LogP contribution < -0.4 is 10.6 Å². The second-order valence-electron chi connectivity index (χ2n) is 11.8. The van der Waals surface area contributed by atoms with E-state index in [9.17, 15) is 0 Å². The van der Waals surface area contributed by atoms with Gasteiger partial charge in [-0.2, -0.15) is 0 Å². The molecule has 1 aromatic rings. The number of hydrogen-bond acceptors (Lipinski definition) is 3. The number of unbranched alkanes of at least 4 members (excludes halogenated alkanes) is 1. The number of hydrogen-bond donors (Lipinski definition) is 2. The van der Waals surface area contributed by atoms with Gasteiger partial charge in [-0.3, -0.25) is 0 Å². The number of fused-ring (bicyclic) bond motifs is 3. The van der Waals surface area contributed by atoms with Crippen molar-refractivity contribution in [3.05, 3.63) is 83.7 Å². The van der Waals surface area contributed by atoms with E-state index in [4.69, 9.17) is 0 Å². The van der Waals surface area contributed by atoms with Crippen molar-refractivity contribution in [2.75, 3.05) is 26.7 Å². The Morgan fingerprint density at radius 2 is 1.97 bits per heavy atom. The summed E-state index contributed by atoms with van der Waals surface area (Å²) >= 11 is 0. The summed E-state index contributed by atoms with van der Waals surface area (Å²) in [6, 6.07) is 9.63. The molecular weight excluding hydrogens is 414 g/mol. The number of nitrogens with zero attached hydrogens (tertiary/aromatic N) is 1. The highest BCUT2D eigenvalue weighted by molar-refractivity contribution is 5.61. The molecule has 0 bridgehead atoms. The van der Waals surface area contributed by atoms with Gasteiger partial charge in [-0.15, -0.1) is 0 Å². The highest BCUT2D eigenvalue weighted by Crippen LogP contribution is 2.57. The minimum Gasteiger partial charge on any atom is -0.391 e. The van der Waals surface area contributed by atoms with E-state index in [1.807, 2.05) is 7.05 Å². The van der Waals surface area contributed by atoms with Crippen molar-refractivity contribution in [3.8, 4) is 0 Å². The van der Waals surface area contributed by atoms with Crippen molar-refractivity contribution in [3.63, 3.8) is 0 Å². The summed E-state index contributed by atoms with van der Waals surface area (Å²) in [5.74, 6) is 0.498. The average Bonchev–Trinajstić information content (AvgIpc) is 3.36. The van der Waals surface area contributed by atoms with Crippen molar-refractivity contribution < 1.29 is 0 Å². The molecule has 3 heteroatoms. The van der Waals surface area contributed by atoms with Crippen molar-refractivity contribution >= 4 is 0 Å². The maximum Gasteiger partial charge on any atom is 0.0564 e. The standard InChI is InChI=1S/C31H45N3/c1-23(21-30(3,4)5)33-25-17-20-34(22-25)19-12-11-18-31(24(2)32-6)28-15-9-7-13-26(28)27-14-8-10-16-29(27)31/h7-10,13,15-16,25,27,32-33H,1-2,11-12,14,17-22H2,3-6H3. The highest BCUT2D eigenvalue weighted by atomic mass is 15.2. The Balaban J connectivity index is 1.36. The second-order valence-corrected chi connectivity index (χ2v) is 11.8. The number of benzene rings is 1. The van der Waals surface area contributed by atoms with E-state index < -0.39 is 0 Å². The molecule has 0 radical (unpaired) electrons. The molecule has 3 atom stereocenters. The van der Waals surface area contributed by atoms with E-state index in [1.54, 1.807) is 5.57 Å². The van der Waals surface area contributed by atoms with Crippen molar-refractivity contribution in [2.45, 2.75) is 76.7 Å². The monoisotopic (exact) mass is 459 g/mol. The molecule has 184 valence electrons. The lowest BCUT2D eigenvalue weighted by atomic mass is 9.70. The molecule has 1 saturated heterocycles. The summed E-state index contributed by atoms with van der Waals surface area (Å²) in [5, 5.41) is 7.16. The third-order valence-electron chi connectivity index (χ3n) is 7.97. The predicted octanol–water partition coefficient (Wildman–Crippen LogP) is 6.43. The fourth-order valence-electron chi connectivity index (χ4n) is 6.55. The van der Waals surface area contributed by atoms with Crippen LogP contribution in [0.25, 0.3) is 0 Å². The Hall–Kier alpha value is -2.26. The van der Waals surface area contributed by atoms with Crippen molar-refractivity contribution in [1.82, 2.24) is 15.5 Å². The smallest absolute Gasteiger partial charge is 0.0564 e. The third-order valence-corrected chi connectivity index (χ3v) is 7.97. The quantitative estimate of drug-likeness (QED) is 0.395. The highest BCUT2D eigenvalue weighted by Gasteiger charge is 2.49. The van der Waals surface area contributed by atoms with Crippen LogP contribution in [0.3, 0.4) is 0 Å². The van der Waals surface area contributed by atoms with Crippen LogP contribution in [0, 0.1) is 5.41 Å². The molecule has 0 aromatic heterocycles. The zero-order valence-electron chi connectivity index (χ0n) is 21.9. The van der Waals surface area contributed by atoms with Gasteiger partial charge in [0.2, 0.25) is 0 Å². The summed E-state index contributed by atoms with van der Waals surface area (Å²) in [7, 11) is 2.03. The zero-order chi connectivity index (χ0) is 24.3. The van der Waals surface area contributed by atoms with Gasteiger partial charge in [-0.05, 0) is 60.8 Å². The topological polar surface area (TPSA) is 27.3 Å². The van der Waals surface area contributed by atoms with E-state index in [-0.39, 0.29) is 10.8 Å². The molecule has 3 aliphatic rings. The first-order chi connectivity index (χ1) is 16.2. The summed E-state index contributed by atoms with van der Waals surface area (Å²) in [6.07, 6.45) is 13.8. The molecule has 2 aliphatic carbocycles. The fraction of sp³-hybridized carbons (Fsp3) is 0.548. The number of rotatable bonds is 10. The van der Waals surface area contributed by atoms with Gasteiger partial charge >= 0.3 is 0 Å². The summed E-state index contributed by atoms with van der Waals surface area (Å²) in [4.78, 5) is 2.63. The van der Waals surface area contributed by atoms with Crippen LogP contribution >= 0.6 is 0 Å². The summed E-state index contributed by atoms with van der Waals surface area (Å²) < 4.78 is 0. The van der Waals surface area contributed by atoms with Gasteiger partial charge in [0, 0.05) is 43.5 Å². The van der Waals surface area contributed by atoms with Crippen LogP contribution in [0.4, 0.5) is 0 Å². The van der Waals surface area contributed by atoms with E-state index in [0.29, 0.717) is 12.0 Å². The van der Waals surface area contributed by atoms with Gasteiger partial charge in [0.1, 0.15) is 0 Å². The molecule has 1 aliphatic heterocycles. The molecule has 2 N–H and O–H groups in total. The lowest BCUT2D eigenvalue weighted by Gasteiger charge is -2.36. The van der Waals surface area contributed by atoms with Crippen LogP contribution in [0.1, 0.15) is 76.3 Å². The Kier molecular flexibility index (Phi) is 7.42. The largest absolute Gasteiger partial charge is 0.391 e. The minimum absolute atomic E-state index is 0.0828. The maximum atomic E-state index is 4.53. The lowest BCUT2D eigenvalue weighted by molar-refractivity contribution is 0.313. The molecule has 0 spiro atoms. The molecular formula is C31H45N3. The minimum atomic E-state index is -0.0828. The molecule has 3 unspecified atom stereocenters. The predicted molar refractivity (Wildman–Crippen MR) is 146 cm³/mol. The number of allylic oxidation sites excluding steroid dienone is 5. The Morgan fingerprint density at radius 1 is 1.18 bits per heavy atom. The SMILES string of the molecule is C=C(CC(C)(C)C)NC1CCN(CCCCC2(C(=C)NC)C3=CC=CCC3c3ccccc32)C1. The van der Waals surface area contributed by atoms with E-state index in [0.717, 1.165) is 31.5 Å². The summed E-state index contributed by atoms with van der Waals surface area (Å²) in [5.41, 5.74) is 7.05. The molecule has 1 fully saturated rings. The van der Waals surface area contributed by atoms with Gasteiger partial charge in [-0.25, -0.2) is 0 Å². The van der Waals surface area contributed by atoms with Crippen molar-refractivity contribution in [1.29, 1.82) is 0 Å². The van der Waals surface area contributed by atoms with Crippen LogP contribution in [0.2, 0.25) is 0 Å². The van der Waals surface area contributed by atoms with Gasteiger partial charge in [0.25, 0.3) is 0 Å². The van der Waals surface area contributed by atoms with Crippen molar-refractivity contribution in [2.24, 2.45) is 5.41 Å². The molecule has 0 saturated carbocycles. The molecule has 0 amide bonds. The molecule has 1 aromatic carbocycles. The first kappa shape index (κ1) is 24.9. The van der Waals surface area contributed by atoms with Crippen LogP contribution in [-0.4, -0.2) is 37.6 Å². The van der Waals surface area contributed by atoms with E-state index in [2.05, 4.69) is 92.0 Å². The Morgan fingerprint density at radius 3 is 2.74 bits per heavy atom. The van der Waals surface area contributed by atoms with Crippen LogP contribution in [-0.2, 0) is 5.41 Å². The molecule has 1 heterocycles. The van der Waals surface area contributed by atoms with Crippen LogP contribution in [0.5, 0.6) is 0 Å². The molecule has 4 rings (SSSR count). The molecule has 3 nitrogen and oxygen atoms in total. The fourth-order valence-corrected chi connectivity index (χ4v) is 6.55. The second kappa shape index (κ2) is 10.2. The number of nitrogens with one attached hydrogen (secondary N) is 2. The zero-order valence-corrected chi connectivity index (χ0v) is 21.9. The summed E-state index contributed by atoms with van der Waals surface area (Å²) in [6.45, 7) is 19.2. The number of likely N-dealkylation sites (N-methyl/N-ethyl adjacent to an activating group) is 1. The van der Waals surface area contributed by atoms with Gasteiger partial charge in [0.05, 0.1) is 5.41 Å². The van der Waals surface area contributed by atoms with E-state index >= 15 is 0 Å². The number of likely N-dealkylation sites (tertiary alicyclic amines) is 1. The normalized spacial score (nSPS) is 26.1. The van der Waals surface area contributed by atoms with E-state index in [1.165, 1.54) is 49.2 Å².